The highest BCUT2D eigenvalue weighted by Gasteiger charge is 2.22. The molecule has 0 aliphatic carbocycles. The summed E-state index contributed by atoms with van der Waals surface area (Å²) in [4.78, 5) is 23.1. The molecule has 0 radical (unpaired) electrons. The fraction of sp³-hybridized carbons (Fsp3) is 0.360. The van der Waals surface area contributed by atoms with Gasteiger partial charge in [0.25, 0.3) is 0 Å². The number of nitrogens with zero attached hydrogens (tertiary/aromatic N) is 5. The van der Waals surface area contributed by atoms with Crippen molar-refractivity contribution < 1.29 is 14.4 Å². The molecule has 1 aliphatic heterocycles. The van der Waals surface area contributed by atoms with Gasteiger partial charge in [-0.15, -0.1) is 0 Å². The van der Waals surface area contributed by atoms with E-state index in [9.17, 15) is 4.79 Å². The van der Waals surface area contributed by atoms with Gasteiger partial charge >= 0.3 is 0 Å². The van der Waals surface area contributed by atoms with E-state index in [2.05, 4.69) is 37.9 Å². The second kappa shape index (κ2) is 9.25. The van der Waals surface area contributed by atoms with Crippen LogP contribution in [0.25, 0.3) is 11.0 Å². The van der Waals surface area contributed by atoms with Gasteiger partial charge in [-0.3, -0.25) is 9.69 Å². The van der Waals surface area contributed by atoms with Gasteiger partial charge in [0, 0.05) is 36.8 Å². The first-order valence-electron chi connectivity index (χ1n) is 11.3. The van der Waals surface area contributed by atoms with Gasteiger partial charge in [0.2, 0.25) is 5.89 Å². The average Bonchev–Trinajstić information content (AvgIpc) is 3.44. The molecule has 5 rings (SSSR count). The summed E-state index contributed by atoms with van der Waals surface area (Å²) in [6.07, 6.45) is 6.25. The highest BCUT2D eigenvalue weighted by Crippen LogP contribution is 2.30. The first-order valence-corrected chi connectivity index (χ1v) is 11.3. The van der Waals surface area contributed by atoms with Gasteiger partial charge in [-0.05, 0) is 55.1 Å². The Morgan fingerprint density at radius 2 is 1.94 bits per heavy atom. The Hall–Kier alpha value is -3.36. The molecule has 0 atom stereocenters. The van der Waals surface area contributed by atoms with Crippen LogP contribution in [0.2, 0.25) is 0 Å². The molecule has 4 heterocycles. The van der Waals surface area contributed by atoms with E-state index in [1.54, 1.807) is 12.1 Å². The summed E-state index contributed by atoms with van der Waals surface area (Å²) >= 11 is 0. The molecule has 0 spiro atoms. The average molecular weight is 446 g/mol. The highest BCUT2D eigenvalue weighted by molar-refractivity contribution is 5.96. The summed E-state index contributed by atoms with van der Waals surface area (Å²) in [5.41, 5.74) is 3.86. The number of Topliss-reactive ketones (excluding diaryl/α,β-unsaturated/α-hetero) is 1. The van der Waals surface area contributed by atoms with Crippen molar-refractivity contribution in [3.8, 4) is 0 Å². The van der Waals surface area contributed by atoms with E-state index in [1.165, 1.54) is 5.56 Å². The minimum atomic E-state index is -0.467. The quantitative estimate of drug-likeness (QED) is 0.436. The van der Waals surface area contributed by atoms with Crippen LogP contribution in [0.15, 0.2) is 53.3 Å². The standard InChI is InChI=1S/C25H27N5O3/c1-17-27-24(28-33-17)15-29-9-6-19(7-10-29)22-12-21-8-11-30(25(21)26-13-22)14-18-2-4-20(5-3-18)23(32)16-31/h2-5,8,11-13,19,31H,6-7,9-10,14-16H2,1H3. The molecule has 0 saturated carbocycles. The monoisotopic (exact) mass is 445 g/mol. The third-order valence-corrected chi connectivity index (χ3v) is 6.39. The highest BCUT2D eigenvalue weighted by atomic mass is 16.5. The predicted octanol–water partition coefficient (Wildman–Crippen LogP) is 3.33. The molecule has 170 valence electrons. The summed E-state index contributed by atoms with van der Waals surface area (Å²) in [7, 11) is 0. The van der Waals surface area contributed by atoms with Gasteiger partial charge in [0.15, 0.2) is 11.6 Å². The predicted molar refractivity (Wildman–Crippen MR) is 123 cm³/mol. The van der Waals surface area contributed by atoms with Crippen LogP contribution in [-0.2, 0) is 13.1 Å². The number of ketones is 1. The molecule has 8 nitrogen and oxygen atoms in total. The van der Waals surface area contributed by atoms with E-state index >= 15 is 0 Å². The van der Waals surface area contributed by atoms with Crippen molar-refractivity contribution in [2.75, 3.05) is 19.7 Å². The molecule has 8 heteroatoms. The van der Waals surface area contributed by atoms with Crippen molar-refractivity contribution in [2.45, 2.75) is 38.8 Å². The molecule has 33 heavy (non-hydrogen) atoms. The molecule has 0 amide bonds. The fourth-order valence-corrected chi connectivity index (χ4v) is 4.56. The van der Waals surface area contributed by atoms with E-state index in [0.29, 0.717) is 23.9 Å². The molecule has 1 aliphatic rings. The number of aryl methyl sites for hydroxylation is 1. The Labute approximate surface area is 191 Å². The number of aliphatic hydroxyl groups is 1. The lowest BCUT2D eigenvalue weighted by atomic mass is 9.90. The van der Waals surface area contributed by atoms with E-state index in [1.807, 2.05) is 25.3 Å². The lowest BCUT2D eigenvalue weighted by molar-refractivity contribution is 0.0903. The molecular formula is C25H27N5O3. The number of aromatic nitrogens is 4. The van der Waals surface area contributed by atoms with Gasteiger partial charge in [-0.1, -0.05) is 29.4 Å². The zero-order chi connectivity index (χ0) is 22.8. The van der Waals surface area contributed by atoms with Crippen LogP contribution in [0.5, 0.6) is 0 Å². The number of carbonyl (C=O) groups is 1. The number of hydrogen-bond acceptors (Lipinski definition) is 7. The lowest BCUT2D eigenvalue weighted by Gasteiger charge is -2.31. The maximum absolute atomic E-state index is 11.6. The van der Waals surface area contributed by atoms with Crippen molar-refractivity contribution in [1.29, 1.82) is 0 Å². The largest absolute Gasteiger partial charge is 0.388 e. The van der Waals surface area contributed by atoms with Gasteiger partial charge in [0.1, 0.15) is 12.3 Å². The Balaban J connectivity index is 1.23. The Bertz CT molecular complexity index is 1250. The summed E-state index contributed by atoms with van der Waals surface area (Å²) in [6, 6.07) is 11.8. The molecule has 1 saturated heterocycles. The number of aliphatic hydroxyl groups excluding tert-OH is 1. The smallest absolute Gasteiger partial charge is 0.223 e. The Morgan fingerprint density at radius 1 is 1.15 bits per heavy atom. The van der Waals surface area contributed by atoms with Crippen LogP contribution in [-0.4, -0.2) is 55.2 Å². The van der Waals surface area contributed by atoms with E-state index in [4.69, 9.17) is 14.6 Å². The number of benzene rings is 1. The lowest BCUT2D eigenvalue weighted by Crippen LogP contribution is -2.32. The van der Waals surface area contributed by atoms with Crippen LogP contribution < -0.4 is 0 Å². The first kappa shape index (κ1) is 21.5. The topological polar surface area (TPSA) is 97.3 Å². The maximum atomic E-state index is 11.6. The molecule has 0 unspecified atom stereocenters. The number of fused-ring (bicyclic) bond motifs is 1. The first-order chi connectivity index (χ1) is 16.1. The third-order valence-electron chi connectivity index (χ3n) is 6.39. The molecule has 1 aromatic carbocycles. The summed E-state index contributed by atoms with van der Waals surface area (Å²) in [5, 5.41) is 14.1. The van der Waals surface area contributed by atoms with Crippen molar-refractivity contribution in [3.05, 3.63) is 77.2 Å². The van der Waals surface area contributed by atoms with E-state index in [-0.39, 0.29) is 5.78 Å². The van der Waals surface area contributed by atoms with Crippen molar-refractivity contribution in [3.63, 3.8) is 0 Å². The SMILES string of the molecule is Cc1nc(CN2CCC(c3cnc4c(ccn4Cc4ccc(C(=O)CO)cc4)c3)CC2)no1. The number of hydrogen-bond donors (Lipinski definition) is 1. The van der Waals surface area contributed by atoms with Gasteiger partial charge in [-0.25, -0.2) is 4.98 Å². The zero-order valence-electron chi connectivity index (χ0n) is 18.6. The summed E-state index contributed by atoms with van der Waals surface area (Å²) < 4.78 is 7.20. The fourth-order valence-electron chi connectivity index (χ4n) is 4.56. The van der Waals surface area contributed by atoms with Crippen molar-refractivity contribution in [2.24, 2.45) is 0 Å². The van der Waals surface area contributed by atoms with E-state index < -0.39 is 6.61 Å². The number of carbonyl (C=O) groups excluding carboxylic acids is 1. The number of piperidine rings is 1. The Morgan fingerprint density at radius 3 is 2.64 bits per heavy atom. The summed E-state index contributed by atoms with van der Waals surface area (Å²) in [5.74, 6) is 1.60. The zero-order valence-corrected chi connectivity index (χ0v) is 18.6. The normalized spacial score (nSPS) is 15.3. The minimum absolute atomic E-state index is 0.266. The van der Waals surface area contributed by atoms with Crippen molar-refractivity contribution in [1.82, 2.24) is 24.6 Å². The van der Waals surface area contributed by atoms with Gasteiger partial charge in [0.05, 0.1) is 6.54 Å². The second-order valence-corrected chi connectivity index (χ2v) is 8.68. The van der Waals surface area contributed by atoms with Crippen LogP contribution in [0.1, 0.15) is 52.0 Å². The second-order valence-electron chi connectivity index (χ2n) is 8.68. The molecule has 0 bridgehead atoms. The molecular weight excluding hydrogens is 418 g/mol. The summed E-state index contributed by atoms with van der Waals surface area (Å²) in [6.45, 7) is 4.77. The molecule has 4 aromatic rings. The van der Waals surface area contributed by atoms with Crippen molar-refractivity contribution >= 4 is 16.8 Å². The third kappa shape index (κ3) is 4.72. The molecule has 3 aromatic heterocycles. The molecule has 1 fully saturated rings. The van der Waals surface area contributed by atoms with E-state index in [0.717, 1.165) is 54.9 Å². The van der Waals surface area contributed by atoms with Crippen LogP contribution in [0.4, 0.5) is 0 Å². The van der Waals surface area contributed by atoms with Gasteiger partial charge < -0.3 is 14.2 Å². The molecule has 1 N–H and O–H groups in total. The van der Waals surface area contributed by atoms with Crippen LogP contribution >= 0.6 is 0 Å². The maximum Gasteiger partial charge on any atom is 0.223 e. The minimum Gasteiger partial charge on any atom is -0.388 e. The van der Waals surface area contributed by atoms with Crippen LogP contribution in [0, 0.1) is 6.92 Å². The Kier molecular flexibility index (Phi) is 6.02. The van der Waals surface area contributed by atoms with Crippen LogP contribution in [0.3, 0.4) is 0 Å². The number of rotatable bonds is 7. The number of pyridine rings is 1. The van der Waals surface area contributed by atoms with Gasteiger partial charge in [-0.2, -0.15) is 4.98 Å². The number of likely N-dealkylation sites (tertiary alicyclic amines) is 1.